The van der Waals surface area contributed by atoms with Crippen LogP contribution in [0.25, 0.3) is 22.3 Å². The van der Waals surface area contributed by atoms with E-state index in [1.165, 1.54) is 6.07 Å². The number of ether oxygens (including phenoxy) is 4. The molecule has 0 aliphatic carbocycles. The van der Waals surface area contributed by atoms with Gasteiger partial charge in [-0.1, -0.05) is 0 Å². The van der Waals surface area contributed by atoms with Gasteiger partial charge in [-0.05, 0) is 18.2 Å². The molecule has 0 amide bonds. The maximum atomic E-state index is 12.8. The molecule has 240 valence electrons. The zero-order chi connectivity index (χ0) is 32.0. The van der Waals surface area contributed by atoms with Crippen LogP contribution in [0.1, 0.15) is 0 Å². The van der Waals surface area contributed by atoms with Crippen molar-refractivity contribution in [2.45, 2.75) is 61.4 Å². The van der Waals surface area contributed by atoms with E-state index in [4.69, 9.17) is 23.4 Å². The number of phenolic OH excluding ortho intramolecular Hbond substituents is 3. The number of benzene rings is 2. The number of aromatic hydroxyl groups is 4. The van der Waals surface area contributed by atoms with Crippen molar-refractivity contribution >= 4 is 11.0 Å². The molecule has 0 bridgehead atoms. The normalized spacial score (nSPS) is 32.5. The fourth-order valence-corrected chi connectivity index (χ4v) is 4.98. The molecule has 44 heavy (non-hydrogen) atoms. The number of phenols is 3. The van der Waals surface area contributed by atoms with Gasteiger partial charge in [-0.15, -0.1) is 0 Å². The molecular weight excluding hydrogens is 596 g/mol. The summed E-state index contributed by atoms with van der Waals surface area (Å²) in [5.41, 5.74) is -1.37. The van der Waals surface area contributed by atoms with Crippen molar-refractivity contribution in [3.63, 3.8) is 0 Å². The highest BCUT2D eigenvalue weighted by atomic mass is 16.7. The van der Waals surface area contributed by atoms with Gasteiger partial charge >= 0.3 is 0 Å². The first kappa shape index (κ1) is 31.7. The van der Waals surface area contributed by atoms with E-state index in [1.54, 1.807) is 0 Å². The molecule has 2 aromatic carbocycles. The summed E-state index contributed by atoms with van der Waals surface area (Å²) in [4.78, 5) is 12.8. The first-order valence-corrected chi connectivity index (χ1v) is 13.2. The van der Waals surface area contributed by atoms with Gasteiger partial charge in [0.05, 0.1) is 13.2 Å². The van der Waals surface area contributed by atoms with Gasteiger partial charge in [0.15, 0.2) is 23.5 Å². The standard InChI is InChI=1S/C27H30O17/c28-6-14-17(33)19(35)22(38)27(42-14)44-25-15(7-29)43-26(23(39)21(25)37)40-9-4-12(32)16-13(5-9)41-24(20(36)18(16)34)8-1-2-10(30)11(31)3-8/h1-5,14-15,17,19,21-23,25-33,35-39H,6-7H2. The Balaban J connectivity index is 1.40. The highest BCUT2D eigenvalue weighted by Crippen LogP contribution is 2.39. The molecule has 0 radical (unpaired) electrons. The van der Waals surface area contributed by atoms with Crippen LogP contribution in [0.4, 0.5) is 0 Å². The minimum Gasteiger partial charge on any atom is -0.507 e. The van der Waals surface area contributed by atoms with Crippen molar-refractivity contribution in [2.75, 3.05) is 13.2 Å². The molecule has 2 fully saturated rings. The Bertz CT molecular complexity index is 1550. The Kier molecular flexibility index (Phi) is 8.87. The maximum Gasteiger partial charge on any atom is 0.238 e. The molecule has 2 aliphatic rings. The molecule has 17 heteroatoms. The first-order chi connectivity index (χ1) is 20.9. The van der Waals surface area contributed by atoms with Crippen LogP contribution in [-0.2, 0) is 14.2 Å². The summed E-state index contributed by atoms with van der Waals surface area (Å²) in [6, 6.07) is 5.36. The summed E-state index contributed by atoms with van der Waals surface area (Å²) < 4.78 is 27.5. The van der Waals surface area contributed by atoms with E-state index in [-0.39, 0.29) is 16.9 Å². The number of aliphatic hydroxyl groups is 7. The highest BCUT2D eigenvalue weighted by Gasteiger charge is 2.51. The van der Waals surface area contributed by atoms with E-state index >= 15 is 0 Å². The van der Waals surface area contributed by atoms with Crippen LogP contribution in [0.15, 0.2) is 39.5 Å². The molecule has 0 saturated carbocycles. The molecule has 11 N–H and O–H groups in total. The van der Waals surface area contributed by atoms with Crippen LogP contribution in [-0.4, -0.2) is 131 Å². The summed E-state index contributed by atoms with van der Waals surface area (Å²) in [6.45, 7) is -1.58. The number of aliphatic hydroxyl groups excluding tert-OH is 7. The topological polar surface area (TPSA) is 290 Å². The van der Waals surface area contributed by atoms with Gasteiger partial charge in [-0.25, -0.2) is 0 Å². The molecule has 2 aliphatic heterocycles. The summed E-state index contributed by atoms with van der Waals surface area (Å²) >= 11 is 0. The second kappa shape index (κ2) is 12.3. The largest absolute Gasteiger partial charge is 0.507 e. The minimum atomic E-state index is -1.91. The molecule has 17 nitrogen and oxygen atoms in total. The molecule has 10 atom stereocenters. The van der Waals surface area contributed by atoms with E-state index in [9.17, 15) is 61.0 Å². The monoisotopic (exact) mass is 626 g/mol. The van der Waals surface area contributed by atoms with Crippen LogP contribution in [0.5, 0.6) is 28.7 Å². The molecule has 0 spiro atoms. The first-order valence-electron chi connectivity index (χ1n) is 13.2. The summed E-state index contributed by atoms with van der Waals surface area (Å²) in [5.74, 6) is -3.36. The van der Waals surface area contributed by atoms with Crippen molar-refractivity contribution in [3.8, 4) is 40.1 Å². The summed E-state index contributed by atoms with van der Waals surface area (Å²) in [6.07, 6.45) is -17.0. The second-order valence-electron chi connectivity index (χ2n) is 10.3. The zero-order valence-electron chi connectivity index (χ0n) is 22.4. The van der Waals surface area contributed by atoms with E-state index in [0.717, 1.165) is 24.3 Å². The van der Waals surface area contributed by atoms with Crippen LogP contribution >= 0.6 is 0 Å². The van der Waals surface area contributed by atoms with Crippen molar-refractivity contribution in [1.29, 1.82) is 0 Å². The Morgan fingerprint density at radius 1 is 0.705 bits per heavy atom. The van der Waals surface area contributed by atoms with Gasteiger partial charge in [0, 0.05) is 17.7 Å². The number of hydrogen-bond donors (Lipinski definition) is 11. The maximum absolute atomic E-state index is 12.8. The molecule has 5 rings (SSSR count). The third kappa shape index (κ3) is 5.61. The van der Waals surface area contributed by atoms with Crippen molar-refractivity contribution in [3.05, 3.63) is 40.6 Å². The Morgan fingerprint density at radius 3 is 2.02 bits per heavy atom. The Hall–Kier alpha value is -3.75. The zero-order valence-corrected chi connectivity index (χ0v) is 22.4. The van der Waals surface area contributed by atoms with E-state index in [0.29, 0.717) is 0 Å². The number of fused-ring (bicyclic) bond motifs is 1. The molecule has 10 unspecified atom stereocenters. The molecule has 3 aromatic rings. The van der Waals surface area contributed by atoms with E-state index in [1.807, 2.05) is 0 Å². The van der Waals surface area contributed by atoms with Gasteiger partial charge in [0.2, 0.25) is 17.5 Å². The average molecular weight is 627 g/mol. The smallest absolute Gasteiger partial charge is 0.238 e. The van der Waals surface area contributed by atoms with Gasteiger partial charge in [-0.2, -0.15) is 0 Å². The lowest BCUT2D eigenvalue weighted by Gasteiger charge is -2.45. The SMILES string of the molecule is O=c1c(O)c(-c2ccc(O)c(O)c2)oc2cc(OC3OC(CO)C(OC4OC(CO)C(O)C(O)C4O)C(O)C3O)cc(O)c12. The molecular formula is C27H30O17. The predicted molar refractivity (Wildman–Crippen MR) is 142 cm³/mol. The van der Waals surface area contributed by atoms with E-state index in [2.05, 4.69) is 0 Å². The van der Waals surface area contributed by atoms with Crippen molar-refractivity contribution < 1.29 is 79.5 Å². The molecule has 1 aromatic heterocycles. The van der Waals surface area contributed by atoms with Crippen molar-refractivity contribution in [2.24, 2.45) is 0 Å². The van der Waals surface area contributed by atoms with Crippen LogP contribution in [0, 0.1) is 0 Å². The molecule has 2 saturated heterocycles. The average Bonchev–Trinajstić information content (AvgIpc) is 2.99. The van der Waals surface area contributed by atoms with E-state index < -0.39 is 114 Å². The van der Waals surface area contributed by atoms with Gasteiger partial charge in [0.1, 0.15) is 71.3 Å². The van der Waals surface area contributed by atoms with Crippen molar-refractivity contribution in [1.82, 2.24) is 0 Å². The molecule has 3 heterocycles. The highest BCUT2D eigenvalue weighted by molar-refractivity contribution is 5.88. The van der Waals surface area contributed by atoms with Gasteiger partial charge < -0.3 is 79.5 Å². The summed E-state index contributed by atoms with van der Waals surface area (Å²) in [5, 5.41) is 111. The minimum absolute atomic E-state index is 0.00648. The van der Waals surface area contributed by atoms with Crippen LogP contribution < -0.4 is 10.2 Å². The summed E-state index contributed by atoms with van der Waals surface area (Å²) in [7, 11) is 0. The predicted octanol–water partition coefficient (Wildman–Crippen LogP) is -2.71. The van der Waals surface area contributed by atoms with Gasteiger partial charge in [0.25, 0.3) is 0 Å². The van der Waals surface area contributed by atoms with Crippen LogP contribution in [0.2, 0.25) is 0 Å². The third-order valence-corrected chi connectivity index (χ3v) is 7.37. The van der Waals surface area contributed by atoms with Gasteiger partial charge in [-0.3, -0.25) is 4.79 Å². The lowest BCUT2D eigenvalue weighted by Crippen LogP contribution is -2.65. The quantitative estimate of drug-likeness (QED) is 0.119. The Morgan fingerprint density at radius 2 is 1.36 bits per heavy atom. The number of hydrogen-bond acceptors (Lipinski definition) is 17. The number of rotatable bonds is 7. The Labute approximate surface area is 246 Å². The lowest BCUT2D eigenvalue weighted by molar-refractivity contribution is -0.352. The lowest BCUT2D eigenvalue weighted by atomic mass is 9.97. The fourth-order valence-electron chi connectivity index (χ4n) is 4.98. The van der Waals surface area contributed by atoms with Crippen LogP contribution in [0.3, 0.4) is 0 Å². The third-order valence-electron chi connectivity index (χ3n) is 7.37. The fraction of sp³-hybridized carbons (Fsp3) is 0.444. The second-order valence-corrected chi connectivity index (χ2v) is 10.3.